The lowest BCUT2D eigenvalue weighted by Crippen LogP contribution is -2.34. The highest BCUT2D eigenvalue weighted by Crippen LogP contribution is 2.57. The average Bonchev–Trinajstić information content (AvgIpc) is 3.39. The number of halogens is 6. The van der Waals surface area contributed by atoms with Crippen LogP contribution in [0.4, 0.5) is 26.3 Å². The van der Waals surface area contributed by atoms with E-state index in [4.69, 9.17) is 4.74 Å². The third-order valence-corrected chi connectivity index (χ3v) is 7.47. The topological polar surface area (TPSA) is 56.3 Å². The van der Waals surface area contributed by atoms with Crippen LogP contribution in [-0.4, -0.2) is 28.8 Å². The van der Waals surface area contributed by atoms with Crippen molar-refractivity contribution in [3.8, 4) is 0 Å². The highest BCUT2D eigenvalue weighted by atomic mass is 19.4. The predicted octanol–water partition coefficient (Wildman–Crippen LogP) is 5.47. The van der Waals surface area contributed by atoms with E-state index in [1.165, 1.54) is 0 Å². The Bertz CT molecular complexity index is 1200. The van der Waals surface area contributed by atoms with Crippen molar-refractivity contribution < 1.29 is 40.7 Å². The summed E-state index contributed by atoms with van der Waals surface area (Å²) in [6.07, 6.45) is -11.8. The van der Waals surface area contributed by atoms with Crippen LogP contribution < -0.4 is 0 Å². The van der Waals surface area contributed by atoms with E-state index in [2.05, 4.69) is 4.98 Å². The molecule has 4 nitrogen and oxygen atoms in total. The lowest BCUT2D eigenvalue weighted by Gasteiger charge is -2.27. The van der Waals surface area contributed by atoms with Crippen molar-refractivity contribution in [2.24, 2.45) is 11.8 Å². The van der Waals surface area contributed by atoms with Crippen LogP contribution in [0.1, 0.15) is 57.5 Å². The van der Waals surface area contributed by atoms with Crippen molar-refractivity contribution >= 4 is 11.6 Å². The molecule has 5 rings (SSSR count). The van der Waals surface area contributed by atoms with E-state index in [-0.39, 0.29) is 23.6 Å². The van der Waals surface area contributed by atoms with Gasteiger partial charge in [0.25, 0.3) is 0 Å². The number of ether oxygens (including phenoxy) is 1. The number of fused-ring (bicyclic) bond motifs is 5. The van der Waals surface area contributed by atoms with Gasteiger partial charge in [0.15, 0.2) is 11.6 Å². The Hall–Kier alpha value is -2.75. The van der Waals surface area contributed by atoms with E-state index in [0.29, 0.717) is 17.7 Å². The van der Waals surface area contributed by atoms with Gasteiger partial charge in [-0.2, -0.15) is 26.3 Å². The average molecular weight is 497 g/mol. The van der Waals surface area contributed by atoms with Gasteiger partial charge in [0.1, 0.15) is 17.3 Å². The number of aromatic nitrogens is 1. The summed E-state index contributed by atoms with van der Waals surface area (Å²) in [4.78, 5) is 29.7. The molecule has 6 atom stereocenters. The molecule has 1 saturated carbocycles. The Balaban J connectivity index is 1.53. The van der Waals surface area contributed by atoms with E-state index in [0.717, 1.165) is 16.7 Å². The van der Waals surface area contributed by atoms with Crippen LogP contribution in [0.3, 0.4) is 0 Å². The van der Waals surface area contributed by atoms with Gasteiger partial charge in [-0.1, -0.05) is 17.7 Å². The minimum Gasteiger partial charge on any atom is -0.373 e. The Labute approximate surface area is 196 Å². The minimum absolute atomic E-state index is 0.0576. The third-order valence-electron chi connectivity index (χ3n) is 7.47. The summed E-state index contributed by atoms with van der Waals surface area (Å²) in [6.45, 7) is 5.52. The Kier molecular flexibility index (Phi) is 5.22. The lowest BCUT2D eigenvalue weighted by molar-refractivity contribution is -0.150. The standard InChI is InChI=1S/C25H21F6NO3/c1-9-4-10(2)17(11(3)5-9)19-21(33)18-14-8-13(23(35-14)20(18)22(19)34)12-6-15(24(26,27)28)32-16(7-12)25(29,30)31/h4-7,13-14,18-20,23H,8H2,1-3H3. The first-order valence-corrected chi connectivity index (χ1v) is 11.2. The molecule has 3 aliphatic rings. The molecule has 1 aromatic carbocycles. The first kappa shape index (κ1) is 24.0. The van der Waals surface area contributed by atoms with Gasteiger partial charge in [-0.05, 0) is 61.6 Å². The zero-order valence-corrected chi connectivity index (χ0v) is 18.9. The summed E-state index contributed by atoms with van der Waals surface area (Å²) in [6, 6.07) is 4.93. The maximum atomic E-state index is 13.5. The van der Waals surface area contributed by atoms with Gasteiger partial charge < -0.3 is 4.74 Å². The summed E-state index contributed by atoms with van der Waals surface area (Å²) < 4.78 is 85.8. The second kappa shape index (κ2) is 7.62. The molecule has 186 valence electrons. The molecule has 2 aromatic rings. The number of carbonyl (C=O) groups excluding carboxylic acids is 2. The fourth-order valence-corrected chi connectivity index (χ4v) is 6.28. The molecular formula is C25H21F6NO3. The number of rotatable bonds is 2. The van der Waals surface area contributed by atoms with Gasteiger partial charge in [0.2, 0.25) is 0 Å². The van der Waals surface area contributed by atoms with Crippen LogP contribution in [0, 0.1) is 32.6 Å². The minimum atomic E-state index is -5.08. The van der Waals surface area contributed by atoms with Crippen LogP contribution in [-0.2, 0) is 26.7 Å². The van der Waals surface area contributed by atoms with Gasteiger partial charge in [-0.3, -0.25) is 9.59 Å². The number of Topliss-reactive ketones (excluding diaryl/α,β-unsaturated/α-hetero) is 2. The lowest BCUT2D eigenvalue weighted by atomic mass is 9.73. The van der Waals surface area contributed by atoms with Gasteiger partial charge in [0.05, 0.1) is 24.0 Å². The predicted molar refractivity (Wildman–Crippen MR) is 111 cm³/mol. The normalized spacial score (nSPS) is 30.3. The van der Waals surface area contributed by atoms with Crippen LogP contribution in [0.25, 0.3) is 0 Å². The summed E-state index contributed by atoms with van der Waals surface area (Å²) in [5.74, 6) is -4.22. The number of carbonyl (C=O) groups is 2. The van der Waals surface area contributed by atoms with Crippen molar-refractivity contribution in [3.63, 3.8) is 0 Å². The largest absolute Gasteiger partial charge is 0.433 e. The molecule has 0 radical (unpaired) electrons. The SMILES string of the molecule is Cc1cc(C)c(C2C(=O)C3C4CC(c5cc(C(F)(F)F)nc(C(F)(F)F)c5)C(O4)C3C2=O)c(C)c1. The maximum absolute atomic E-state index is 13.5. The van der Waals surface area contributed by atoms with Crippen LogP contribution in [0.5, 0.6) is 0 Å². The number of hydrogen-bond donors (Lipinski definition) is 0. The highest BCUT2D eigenvalue weighted by molar-refractivity contribution is 6.17. The second-order valence-electron chi connectivity index (χ2n) is 9.75. The number of pyridine rings is 1. The molecule has 3 heterocycles. The molecule has 35 heavy (non-hydrogen) atoms. The summed E-state index contributed by atoms with van der Waals surface area (Å²) in [5, 5.41) is 0. The zero-order valence-electron chi connectivity index (χ0n) is 18.9. The summed E-state index contributed by atoms with van der Waals surface area (Å²) in [5.41, 5.74) is -0.367. The number of aryl methyl sites for hydroxylation is 3. The van der Waals surface area contributed by atoms with E-state index < -0.39 is 59.6 Å². The van der Waals surface area contributed by atoms with E-state index >= 15 is 0 Å². The van der Waals surface area contributed by atoms with Gasteiger partial charge >= 0.3 is 12.4 Å². The Morgan fingerprint density at radius 1 is 0.829 bits per heavy atom. The molecule has 0 amide bonds. The van der Waals surface area contributed by atoms with E-state index in [1.807, 2.05) is 32.9 Å². The molecule has 2 aliphatic heterocycles. The maximum Gasteiger partial charge on any atom is 0.433 e. The fourth-order valence-electron chi connectivity index (χ4n) is 6.28. The number of hydrogen-bond acceptors (Lipinski definition) is 4. The van der Waals surface area contributed by atoms with Crippen molar-refractivity contribution in [2.45, 2.75) is 63.6 Å². The first-order valence-electron chi connectivity index (χ1n) is 11.2. The van der Waals surface area contributed by atoms with Crippen LogP contribution in [0.2, 0.25) is 0 Å². The molecule has 0 N–H and O–H groups in total. The summed E-state index contributed by atoms with van der Waals surface area (Å²) in [7, 11) is 0. The Morgan fingerprint density at radius 3 is 1.86 bits per heavy atom. The van der Waals surface area contributed by atoms with Crippen molar-refractivity contribution in [3.05, 3.63) is 63.5 Å². The number of benzene rings is 1. The van der Waals surface area contributed by atoms with Crippen LogP contribution >= 0.6 is 0 Å². The van der Waals surface area contributed by atoms with Crippen molar-refractivity contribution in [1.82, 2.24) is 4.98 Å². The quantitative estimate of drug-likeness (QED) is 0.408. The third kappa shape index (κ3) is 3.68. The monoisotopic (exact) mass is 497 g/mol. The number of alkyl halides is 6. The fraction of sp³-hybridized carbons (Fsp3) is 0.480. The molecule has 1 aromatic heterocycles. The number of ketones is 2. The Morgan fingerprint density at radius 2 is 1.34 bits per heavy atom. The molecule has 0 spiro atoms. The molecule has 6 unspecified atom stereocenters. The highest BCUT2D eigenvalue weighted by Gasteiger charge is 2.66. The van der Waals surface area contributed by atoms with Crippen molar-refractivity contribution in [2.75, 3.05) is 0 Å². The van der Waals surface area contributed by atoms with Crippen molar-refractivity contribution in [1.29, 1.82) is 0 Å². The van der Waals surface area contributed by atoms with Gasteiger partial charge in [-0.25, -0.2) is 4.98 Å². The molecule has 3 fully saturated rings. The molecular weight excluding hydrogens is 476 g/mol. The smallest absolute Gasteiger partial charge is 0.373 e. The first-order chi connectivity index (χ1) is 16.2. The number of nitrogens with zero attached hydrogens (tertiary/aromatic N) is 1. The molecule has 2 bridgehead atoms. The van der Waals surface area contributed by atoms with Crippen LogP contribution in [0.15, 0.2) is 24.3 Å². The summed E-state index contributed by atoms with van der Waals surface area (Å²) >= 11 is 0. The molecule has 2 saturated heterocycles. The zero-order chi connectivity index (χ0) is 25.6. The van der Waals surface area contributed by atoms with Gasteiger partial charge in [-0.15, -0.1) is 0 Å². The second-order valence-corrected chi connectivity index (χ2v) is 9.75. The van der Waals surface area contributed by atoms with E-state index in [9.17, 15) is 35.9 Å². The molecule has 1 aliphatic carbocycles. The van der Waals surface area contributed by atoms with Gasteiger partial charge in [0, 0.05) is 5.92 Å². The van der Waals surface area contributed by atoms with E-state index in [1.54, 1.807) is 0 Å². The molecule has 10 heteroatoms.